The maximum atomic E-state index is 10.1. The Balaban J connectivity index is 2.44. The Morgan fingerprint density at radius 2 is 2.14 bits per heavy atom. The SMILES string of the molecule is CCc1ccccc1OCCCC=O. The summed E-state index contributed by atoms with van der Waals surface area (Å²) in [7, 11) is 0. The highest BCUT2D eigenvalue weighted by atomic mass is 16.5. The fraction of sp³-hybridized carbons (Fsp3) is 0.417. The van der Waals surface area contributed by atoms with Crippen molar-refractivity contribution in [2.75, 3.05) is 6.61 Å². The molecule has 76 valence electrons. The van der Waals surface area contributed by atoms with Crippen molar-refractivity contribution in [1.29, 1.82) is 0 Å². The van der Waals surface area contributed by atoms with E-state index in [0.29, 0.717) is 13.0 Å². The highest BCUT2D eigenvalue weighted by Gasteiger charge is 1.99. The quantitative estimate of drug-likeness (QED) is 0.511. The van der Waals surface area contributed by atoms with Crippen LogP contribution in [-0.2, 0) is 11.2 Å². The first kappa shape index (κ1) is 10.8. The molecule has 0 aliphatic carbocycles. The molecule has 0 heterocycles. The fourth-order valence-electron chi connectivity index (χ4n) is 1.29. The molecule has 14 heavy (non-hydrogen) atoms. The Hall–Kier alpha value is -1.31. The Bertz CT molecular complexity index is 281. The molecule has 0 amide bonds. The monoisotopic (exact) mass is 192 g/mol. The van der Waals surface area contributed by atoms with Crippen LogP contribution in [0.25, 0.3) is 0 Å². The van der Waals surface area contributed by atoms with E-state index < -0.39 is 0 Å². The highest BCUT2D eigenvalue weighted by Crippen LogP contribution is 2.18. The summed E-state index contributed by atoms with van der Waals surface area (Å²) in [5, 5.41) is 0. The third-order valence-corrected chi connectivity index (χ3v) is 2.08. The minimum Gasteiger partial charge on any atom is -0.493 e. The first-order valence-corrected chi connectivity index (χ1v) is 5.02. The lowest BCUT2D eigenvalue weighted by Crippen LogP contribution is -1.99. The van der Waals surface area contributed by atoms with E-state index >= 15 is 0 Å². The van der Waals surface area contributed by atoms with Gasteiger partial charge in [0.05, 0.1) is 6.61 Å². The molecule has 1 aromatic rings. The van der Waals surface area contributed by atoms with Crippen LogP contribution in [0.5, 0.6) is 5.75 Å². The van der Waals surface area contributed by atoms with Crippen LogP contribution in [0.4, 0.5) is 0 Å². The van der Waals surface area contributed by atoms with Gasteiger partial charge in [-0.3, -0.25) is 0 Å². The smallest absolute Gasteiger partial charge is 0.122 e. The van der Waals surface area contributed by atoms with Crippen molar-refractivity contribution in [3.63, 3.8) is 0 Å². The average molecular weight is 192 g/mol. The van der Waals surface area contributed by atoms with Gasteiger partial charge in [-0.15, -0.1) is 0 Å². The lowest BCUT2D eigenvalue weighted by molar-refractivity contribution is -0.108. The second-order valence-corrected chi connectivity index (χ2v) is 3.12. The molecule has 0 bridgehead atoms. The van der Waals surface area contributed by atoms with Crippen LogP contribution in [0, 0.1) is 0 Å². The number of hydrogen-bond acceptors (Lipinski definition) is 2. The predicted molar refractivity (Wildman–Crippen MR) is 56.6 cm³/mol. The number of para-hydroxylation sites is 1. The van der Waals surface area contributed by atoms with E-state index in [1.807, 2.05) is 18.2 Å². The van der Waals surface area contributed by atoms with Crippen molar-refractivity contribution in [2.24, 2.45) is 0 Å². The molecule has 0 fully saturated rings. The normalized spacial score (nSPS) is 9.79. The van der Waals surface area contributed by atoms with Crippen LogP contribution < -0.4 is 4.74 Å². The molecular formula is C12H16O2. The molecule has 0 N–H and O–H groups in total. The molecule has 0 atom stereocenters. The van der Waals surface area contributed by atoms with E-state index in [1.165, 1.54) is 5.56 Å². The molecule has 2 nitrogen and oxygen atoms in total. The minimum atomic E-state index is 0.578. The van der Waals surface area contributed by atoms with Gasteiger partial charge in [-0.1, -0.05) is 25.1 Å². The molecule has 0 aliphatic rings. The first-order chi connectivity index (χ1) is 6.88. The van der Waals surface area contributed by atoms with E-state index in [1.54, 1.807) is 0 Å². The van der Waals surface area contributed by atoms with E-state index in [9.17, 15) is 4.79 Å². The van der Waals surface area contributed by atoms with Crippen LogP contribution in [0.2, 0.25) is 0 Å². The third-order valence-electron chi connectivity index (χ3n) is 2.08. The van der Waals surface area contributed by atoms with Gasteiger partial charge in [0.15, 0.2) is 0 Å². The molecule has 1 rings (SSSR count). The van der Waals surface area contributed by atoms with Crippen LogP contribution in [0.15, 0.2) is 24.3 Å². The van der Waals surface area contributed by atoms with E-state index in [-0.39, 0.29) is 0 Å². The van der Waals surface area contributed by atoms with Gasteiger partial charge in [-0.05, 0) is 24.5 Å². The van der Waals surface area contributed by atoms with Gasteiger partial charge in [0.2, 0.25) is 0 Å². The first-order valence-electron chi connectivity index (χ1n) is 5.02. The maximum absolute atomic E-state index is 10.1. The molecular weight excluding hydrogens is 176 g/mol. The predicted octanol–water partition coefficient (Wildman–Crippen LogP) is 2.61. The Morgan fingerprint density at radius 1 is 1.36 bits per heavy atom. The molecule has 0 spiro atoms. The van der Waals surface area contributed by atoms with E-state index in [2.05, 4.69) is 13.0 Å². The average Bonchev–Trinajstić information content (AvgIpc) is 2.25. The number of carbonyl (C=O) groups is 1. The summed E-state index contributed by atoms with van der Waals surface area (Å²) in [6, 6.07) is 8.01. The van der Waals surface area contributed by atoms with E-state index in [4.69, 9.17) is 4.74 Å². The molecule has 2 heteroatoms. The summed E-state index contributed by atoms with van der Waals surface area (Å²) in [6.45, 7) is 2.73. The van der Waals surface area contributed by atoms with Crippen LogP contribution >= 0.6 is 0 Å². The van der Waals surface area contributed by atoms with Gasteiger partial charge in [0.25, 0.3) is 0 Å². The number of rotatable bonds is 6. The molecule has 0 aliphatic heterocycles. The lowest BCUT2D eigenvalue weighted by Gasteiger charge is -2.08. The zero-order chi connectivity index (χ0) is 10.2. The summed E-state index contributed by atoms with van der Waals surface area (Å²) in [4.78, 5) is 10.1. The summed E-state index contributed by atoms with van der Waals surface area (Å²) in [5.74, 6) is 0.945. The van der Waals surface area contributed by atoms with Crippen LogP contribution in [0.1, 0.15) is 25.3 Å². The van der Waals surface area contributed by atoms with Gasteiger partial charge >= 0.3 is 0 Å². The Morgan fingerprint density at radius 3 is 2.86 bits per heavy atom. The minimum absolute atomic E-state index is 0.578. The number of benzene rings is 1. The van der Waals surface area contributed by atoms with Crippen LogP contribution in [0.3, 0.4) is 0 Å². The Labute approximate surface area is 84.9 Å². The van der Waals surface area contributed by atoms with Gasteiger partial charge < -0.3 is 9.53 Å². The van der Waals surface area contributed by atoms with Gasteiger partial charge in [0, 0.05) is 6.42 Å². The molecule has 0 radical (unpaired) electrons. The largest absolute Gasteiger partial charge is 0.493 e. The van der Waals surface area contributed by atoms with Crippen molar-refractivity contribution in [3.05, 3.63) is 29.8 Å². The van der Waals surface area contributed by atoms with Gasteiger partial charge in [-0.25, -0.2) is 0 Å². The van der Waals surface area contributed by atoms with Gasteiger partial charge in [0.1, 0.15) is 12.0 Å². The van der Waals surface area contributed by atoms with Gasteiger partial charge in [-0.2, -0.15) is 0 Å². The molecule has 0 unspecified atom stereocenters. The molecule has 0 saturated heterocycles. The topological polar surface area (TPSA) is 26.3 Å². The summed E-state index contributed by atoms with van der Waals surface area (Å²) >= 11 is 0. The summed E-state index contributed by atoms with van der Waals surface area (Å²) in [5.41, 5.74) is 1.22. The second-order valence-electron chi connectivity index (χ2n) is 3.12. The zero-order valence-electron chi connectivity index (χ0n) is 8.53. The molecule has 1 aromatic carbocycles. The maximum Gasteiger partial charge on any atom is 0.122 e. The standard InChI is InChI=1S/C12H16O2/c1-2-11-7-3-4-8-12(11)14-10-6-5-9-13/h3-4,7-9H,2,5-6,10H2,1H3. The van der Waals surface area contributed by atoms with Crippen LogP contribution in [-0.4, -0.2) is 12.9 Å². The number of ether oxygens (including phenoxy) is 1. The summed E-state index contributed by atoms with van der Waals surface area (Å²) < 4.78 is 5.57. The number of hydrogen-bond donors (Lipinski definition) is 0. The van der Waals surface area contributed by atoms with Crippen molar-refractivity contribution in [1.82, 2.24) is 0 Å². The van der Waals surface area contributed by atoms with Crippen molar-refractivity contribution >= 4 is 6.29 Å². The second kappa shape index (κ2) is 6.19. The fourth-order valence-corrected chi connectivity index (χ4v) is 1.29. The zero-order valence-corrected chi connectivity index (χ0v) is 8.53. The number of unbranched alkanes of at least 4 members (excludes halogenated alkanes) is 1. The van der Waals surface area contributed by atoms with E-state index in [0.717, 1.165) is 24.9 Å². The number of carbonyl (C=O) groups excluding carboxylic acids is 1. The summed E-state index contributed by atoms with van der Waals surface area (Å²) in [6.07, 6.45) is 3.27. The molecule has 0 saturated carbocycles. The molecule has 0 aromatic heterocycles. The van der Waals surface area contributed by atoms with Crippen molar-refractivity contribution in [3.8, 4) is 5.75 Å². The number of aryl methyl sites for hydroxylation is 1. The third kappa shape index (κ3) is 3.21. The lowest BCUT2D eigenvalue weighted by atomic mass is 10.1. The highest BCUT2D eigenvalue weighted by molar-refractivity contribution is 5.49. The van der Waals surface area contributed by atoms with Crippen molar-refractivity contribution in [2.45, 2.75) is 26.2 Å². The number of aldehydes is 1. The Kier molecular flexibility index (Phi) is 4.76. The van der Waals surface area contributed by atoms with Crippen molar-refractivity contribution < 1.29 is 9.53 Å².